The second-order valence-corrected chi connectivity index (χ2v) is 4.27. The third kappa shape index (κ3) is 2.60. The van der Waals surface area contributed by atoms with Crippen LogP contribution in [0, 0.1) is 0 Å². The summed E-state index contributed by atoms with van der Waals surface area (Å²) in [4.78, 5) is 11.6. The Labute approximate surface area is 113 Å². The molecule has 0 saturated heterocycles. The van der Waals surface area contributed by atoms with Crippen LogP contribution in [-0.2, 0) is 0 Å². The highest BCUT2D eigenvalue weighted by Crippen LogP contribution is 2.35. The van der Waals surface area contributed by atoms with Crippen LogP contribution in [0.4, 0.5) is 5.69 Å². The molecule has 3 nitrogen and oxygen atoms in total. The van der Waals surface area contributed by atoms with Crippen LogP contribution in [-0.4, -0.2) is 19.9 Å². The van der Waals surface area contributed by atoms with Gasteiger partial charge in [0.05, 0.1) is 7.11 Å². The first-order valence-corrected chi connectivity index (χ1v) is 6.13. The summed E-state index contributed by atoms with van der Waals surface area (Å²) in [6, 6.07) is 13.7. The van der Waals surface area contributed by atoms with Gasteiger partial charge in [0.15, 0.2) is 5.78 Å². The maximum absolute atomic E-state index is 11.6. The molecule has 2 aromatic carbocycles. The zero-order chi connectivity index (χ0) is 13.8. The molecule has 0 aromatic heterocycles. The average Bonchev–Trinajstić information content (AvgIpc) is 2.46. The lowest BCUT2D eigenvalue weighted by Gasteiger charge is -2.14. The van der Waals surface area contributed by atoms with E-state index >= 15 is 0 Å². The lowest BCUT2D eigenvalue weighted by molar-refractivity contribution is 0.101. The fraction of sp³-hybridized carbons (Fsp3) is 0.188. The highest BCUT2D eigenvalue weighted by Gasteiger charge is 2.13. The number of ketones is 1. The first kappa shape index (κ1) is 13.1. The van der Waals surface area contributed by atoms with Crippen molar-refractivity contribution in [2.45, 2.75) is 6.92 Å². The molecule has 2 rings (SSSR count). The lowest BCUT2D eigenvalue weighted by atomic mass is 9.99. The molecule has 0 unspecified atom stereocenters. The summed E-state index contributed by atoms with van der Waals surface area (Å²) >= 11 is 0. The van der Waals surface area contributed by atoms with Crippen LogP contribution in [0.15, 0.2) is 42.5 Å². The number of hydrogen-bond acceptors (Lipinski definition) is 3. The van der Waals surface area contributed by atoms with E-state index in [9.17, 15) is 4.79 Å². The molecule has 0 amide bonds. The Morgan fingerprint density at radius 1 is 1.16 bits per heavy atom. The molecule has 98 valence electrons. The van der Waals surface area contributed by atoms with Gasteiger partial charge in [-0.15, -0.1) is 0 Å². The van der Waals surface area contributed by atoms with Crippen molar-refractivity contribution in [3.05, 3.63) is 48.0 Å². The molecular weight excluding hydrogens is 238 g/mol. The van der Waals surface area contributed by atoms with Gasteiger partial charge in [-0.25, -0.2) is 0 Å². The van der Waals surface area contributed by atoms with E-state index in [4.69, 9.17) is 4.74 Å². The summed E-state index contributed by atoms with van der Waals surface area (Å²) < 4.78 is 5.41. The molecular formula is C16H17NO2. The number of hydrogen-bond donors (Lipinski definition) is 1. The van der Waals surface area contributed by atoms with Crippen molar-refractivity contribution in [2.75, 3.05) is 19.5 Å². The van der Waals surface area contributed by atoms with Crippen molar-refractivity contribution in [3.8, 4) is 16.9 Å². The quantitative estimate of drug-likeness (QED) is 0.848. The fourth-order valence-electron chi connectivity index (χ4n) is 2.09. The zero-order valence-corrected chi connectivity index (χ0v) is 11.4. The first-order chi connectivity index (χ1) is 9.17. The number of nitrogens with one attached hydrogen (secondary N) is 1. The van der Waals surface area contributed by atoms with Crippen molar-refractivity contribution in [3.63, 3.8) is 0 Å². The molecule has 19 heavy (non-hydrogen) atoms. The Morgan fingerprint density at radius 2 is 1.84 bits per heavy atom. The van der Waals surface area contributed by atoms with Crippen molar-refractivity contribution >= 4 is 11.5 Å². The van der Waals surface area contributed by atoms with E-state index in [2.05, 4.69) is 5.32 Å². The lowest BCUT2D eigenvalue weighted by Crippen LogP contribution is -2.02. The SMILES string of the molecule is CNc1cc(-c2ccccc2)c(OC)cc1C(C)=O. The molecule has 0 bridgehead atoms. The Bertz CT molecular complexity index is 591. The van der Waals surface area contributed by atoms with Crippen molar-refractivity contribution in [1.29, 1.82) is 0 Å². The molecule has 0 aliphatic carbocycles. The molecule has 0 saturated carbocycles. The van der Waals surface area contributed by atoms with E-state index in [1.54, 1.807) is 20.1 Å². The molecule has 0 fully saturated rings. The Balaban J connectivity index is 2.65. The van der Waals surface area contributed by atoms with E-state index < -0.39 is 0 Å². The fourth-order valence-corrected chi connectivity index (χ4v) is 2.09. The number of carbonyl (C=O) groups excluding carboxylic acids is 1. The van der Waals surface area contributed by atoms with E-state index in [1.807, 2.05) is 43.4 Å². The number of rotatable bonds is 4. The highest BCUT2D eigenvalue weighted by atomic mass is 16.5. The zero-order valence-electron chi connectivity index (χ0n) is 11.4. The Kier molecular flexibility index (Phi) is 3.85. The van der Waals surface area contributed by atoms with Crippen LogP contribution in [0.1, 0.15) is 17.3 Å². The molecule has 0 heterocycles. The largest absolute Gasteiger partial charge is 0.496 e. The minimum atomic E-state index is 0.0160. The van der Waals surface area contributed by atoms with Crippen LogP contribution < -0.4 is 10.1 Å². The summed E-state index contributed by atoms with van der Waals surface area (Å²) in [7, 11) is 3.42. The number of carbonyl (C=O) groups is 1. The van der Waals surface area contributed by atoms with Gasteiger partial charge < -0.3 is 10.1 Å². The summed E-state index contributed by atoms with van der Waals surface area (Å²) in [5, 5.41) is 3.06. The summed E-state index contributed by atoms with van der Waals surface area (Å²) in [5.74, 6) is 0.720. The normalized spacial score (nSPS) is 10.1. The molecule has 0 spiro atoms. The van der Waals surface area contributed by atoms with Gasteiger partial charge >= 0.3 is 0 Å². The monoisotopic (exact) mass is 255 g/mol. The van der Waals surface area contributed by atoms with Crippen LogP contribution >= 0.6 is 0 Å². The van der Waals surface area contributed by atoms with Crippen LogP contribution in [0.3, 0.4) is 0 Å². The van der Waals surface area contributed by atoms with Crippen LogP contribution in [0.25, 0.3) is 11.1 Å². The van der Waals surface area contributed by atoms with E-state index in [0.29, 0.717) is 11.3 Å². The standard InChI is InChI=1S/C16H17NO2/c1-11(18)13-10-16(19-3)14(9-15(13)17-2)12-7-5-4-6-8-12/h4-10,17H,1-3H3. The smallest absolute Gasteiger partial charge is 0.162 e. The van der Waals surface area contributed by atoms with Gasteiger partial charge in [0.25, 0.3) is 0 Å². The number of Topliss-reactive ketones (excluding diaryl/α,β-unsaturated/α-hetero) is 1. The molecule has 1 N–H and O–H groups in total. The van der Waals surface area contributed by atoms with Gasteiger partial charge in [-0.1, -0.05) is 30.3 Å². The third-order valence-corrected chi connectivity index (χ3v) is 3.07. The van der Waals surface area contributed by atoms with E-state index in [-0.39, 0.29) is 5.78 Å². The van der Waals surface area contributed by atoms with E-state index in [1.165, 1.54) is 0 Å². The Morgan fingerprint density at radius 3 is 2.37 bits per heavy atom. The number of ether oxygens (including phenoxy) is 1. The van der Waals surface area contributed by atoms with E-state index in [0.717, 1.165) is 16.8 Å². The minimum Gasteiger partial charge on any atom is -0.496 e. The summed E-state index contributed by atoms with van der Waals surface area (Å²) in [6.07, 6.45) is 0. The third-order valence-electron chi connectivity index (χ3n) is 3.07. The van der Waals surface area contributed by atoms with Gasteiger partial charge in [0.2, 0.25) is 0 Å². The maximum Gasteiger partial charge on any atom is 0.162 e. The van der Waals surface area contributed by atoms with Crippen molar-refractivity contribution in [2.24, 2.45) is 0 Å². The first-order valence-electron chi connectivity index (χ1n) is 6.13. The predicted octanol–water partition coefficient (Wildman–Crippen LogP) is 3.61. The maximum atomic E-state index is 11.6. The van der Waals surface area contributed by atoms with Crippen LogP contribution in [0.2, 0.25) is 0 Å². The van der Waals surface area contributed by atoms with Gasteiger partial charge in [0, 0.05) is 23.9 Å². The van der Waals surface area contributed by atoms with Gasteiger partial charge in [-0.3, -0.25) is 4.79 Å². The molecule has 0 atom stereocenters. The second-order valence-electron chi connectivity index (χ2n) is 4.27. The molecule has 0 aliphatic heterocycles. The molecule has 0 aliphatic rings. The molecule has 0 radical (unpaired) electrons. The Hall–Kier alpha value is -2.29. The van der Waals surface area contributed by atoms with Gasteiger partial charge in [-0.2, -0.15) is 0 Å². The molecule has 2 aromatic rings. The van der Waals surface area contributed by atoms with Crippen molar-refractivity contribution < 1.29 is 9.53 Å². The van der Waals surface area contributed by atoms with Gasteiger partial charge in [0.1, 0.15) is 5.75 Å². The predicted molar refractivity (Wildman–Crippen MR) is 78.0 cm³/mol. The number of methoxy groups -OCH3 is 1. The molecule has 3 heteroatoms. The van der Waals surface area contributed by atoms with Crippen LogP contribution in [0.5, 0.6) is 5.75 Å². The van der Waals surface area contributed by atoms with Crippen molar-refractivity contribution in [1.82, 2.24) is 0 Å². The average molecular weight is 255 g/mol. The summed E-state index contributed by atoms with van der Waals surface area (Å²) in [5.41, 5.74) is 3.48. The summed E-state index contributed by atoms with van der Waals surface area (Å²) in [6.45, 7) is 1.55. The second kappa shape index (κ2) is 5.57. The number of anilines is 1. The number of benzene rings is 2. The highest BCUT2D eigenvalue weighted by molar-refractivity contribution is 6.01. The minimum absolute atomic E-state index is 0.0160. The van der Waals surface area contributed by atoms with Gasteiger partial charge in [-0.05, 0) is 24.6 Å². The topological polar surface area (TPSA) is 38.3 Å².